The minimum Gasteiger partial charge on any atom is -0.447 e. The molecule has 1 aromatic carbocycles. The highest BCUT2D eigenvalue weighted by Gasteiger charge is 2.30. The van der Waals surface area contributed by atoms with Crippen LogP contribution in [0.25, 0.3) is 0 Å². The molecule has 2 aliphatic rings. The Hall–Kier alpha value is -1.72. The van der Waals surface area contributed by atoms with Crippen molar-refractivity contribution in [3.8, 4) is 0 Å². The molecule has 8 nitrogen and oxygen atoms in total. The van der Waals surface area contributed by atoms with Gasteiger partial charge in [0, 0.05) is 26.2 Å². The van der Waals surface area contributed by atoms with Gasteiger partial charge in [-0.25, -0.2) is 21.6 Å². The van der Waals surface area contributed by atoms with Crippen molar-refractivity contribution < 1.29 is 21.3 Å². The number of likely N-dealkylation sites (tertiary alicyclic amines) is 1. The molecular weight excluding hydrogens is 450 g/mol. The van der Waals surface area contributed by atoms with Crippen molar-refractivity contribution in [1.82, 2.24) is 13.9 Å². The summed E-state index contributed by atoms with van der Waals surface area (Å²) in [4.78, 5) is 2.47. The van der Waals surface area contributed by atoms with Crippen molar-refractivity contribution in [3.05, 3.63) is 47.7 Å². The third kappa shape index (κ3) is 5.43. The van der Waals surface area contributed by atoms with E-state index in [4.69, 9.17) is 4.42 Å². The van der Waals surface area contributed by atoms with Crippen molar-refractivity contribution in [2.24, 2.45) is 5.92 Å². The first kappa shape index (κ1) is 23.4. The monoisotopic (exact) mass is 481 g/mol. The second-order valence-corrected chi connectivity index (χ2v) is 12.4. The summed E-state index contributed by atoms with van der Waals surface area (Å²) in [6.07, 6.45) is 3.67. The maximum atomic E-state index is 12.7. The van der Waals surface area contributed by atoms with Crippen LogP contribution < -0.4 is 4.72 Å². The summed E-state index contributed by atoms with van der Waals surface area (Å²) in [5.41, 5.74) is 1.01. The van der Waals surface area contributed by atoms with Crippen molar-refractivity contribution in [2.45, 2.75) is 49.1 Å². The predicted molar refractivity (Wildman–Crippen MR) is 121 cm³/mol. The van der Waals surface area contributed by atoms with E-state index in [9.17, 15) is 16.8 Å². The van der Waals surface area contributed by atoms with Crippen LogP contribution in [-0.4, -0.2) is 58.8 Å². The van der Waals surface area contributed by atoms with Crippen LogP contribution in [0.3, 0.4) is 0 Å². The Morgan fingerprint density at radius 1 is 0.969 bits per heavy atom. The molecule has 2 fully saturated rings. The fourth-order valence-electron chi connectivity index (χ4n) is 4.35. The highest BCUT2D eigenvalue weighted by atomic mass is 32.2. The van der Waals surface area contributed by atoms with Crippen molar-refractivity contribution in [2.75, 3.05) is 32.7 Å². The Morgan fingerprint density at radius 3 is 2.41 bits per heavy atom. The van der Waals surface area contributed by atoms with E-state index in [-0.39, 0.29) is 15.9 Å². The average Bonchev–Trinajstić information content (AvgIpc) is 3.46. The SMILES string of the molecule is Cc1ccc(S(=O)(=O)NCC2CCCN(Cc3ccc(S(=O)(=O)N4CCCC4)o3)C2)cc1. The lowest BCUT2D eigenvalue weighted by atomic mass is 9.98. The molecule has 1 N–H and O–H groups in total. The predicted octanol–water partition coefficient (Wildman–Crippen LogP) is 2.56. The number of furan rings is 1. The van der Waals surface area contributed by atoms with Crippen LogP contribution in [0.5, 0.6) is 0 Å². The highest BCUT2D eigenvalue weighted by molar-refractivity contribution is 7.89. The van der Waals surface area contributed by atoms with Gasteiger partial charge in [0.2, 0.25) is 15.1 Å². The smallest absolute Gasteiger partial charge is 0.276 e. The lowest BCUT2D eigenvalue weighted by Crippen LogP contribution is -2.40. The van der Waals surface area contributed by atoms with Crippen LogP contribution in [0.15, 0.2) is 50.8 Å². The van der Waals surface area contributed by atoms with Gasteiger partial charge in [0.1, 0.15) is 5.76 Å². The minimum absolute atomic E-state index is 0.00816. The number of hydrogen-bond acceptors (Lipinski definition) is 6. The molecule has 1 aromatic heterocycles. The first-order valence-corrected chi connectivity index (χ1v) is 14.0. The van der Waals surface area contributed by atoms with Gasteiger partial charge in [0.25, 0.3) is 10.0 Å². The molecule has 0 amide bonds. The lowest BCUT2D eigenvalue weighted by molar-refractivity contribution is 0.155. The normalized spacial score (nSPS) is 21.2. The molecule has 2 saturated heterocycles. The van der Waals surface area contributed by atoms with E-state index in [1.807, 2.05) is 6.92 Å². The fourth-order valence-corrected chi connectivity index (χ4v) is 6.91. The van der Waals surface area contributed by atoms with Crippen molar-refractivity contribution in [1.29, 1.82) is 0 Å². The zero-order chi connectivity index (χ0) is 22.8. The van der Waals surface area contributed by atoms with Crippen LogP contribution in [0, 0.1) is 12.8 Å². The van der Waals surface area contributed by atoms with Gasteiger partial charge in [0.15, 0.2) is 0 Å². The quantitative estimate of drug-likeness (QED) is 0.622. The number of piperidine rings is 1. The molecule has 3 heterocycles. The zero-order valence-electron chi connectivity index (χ0n) is 18.4. The zero-order valence-corrected chi connectivity index (χ0v) is 20.0. The van der Waals surface area contributed by atoms with Gasteiger partial charge in [-0.05, 0) is 69.3 Å². The number of sulfonamides is 2. The summed E-state index contributed by atoms with van der Waals surface area (Å²) in [5.74, 6) is 0.801. The number of rotatable bonds is 8. The average molecular weight is 482 g/mol. The number of hydrogen-bond donors (Lipinski definition) is 1. The molecule has 2 aromatic rings. The van der Waals surface area contributed by atoms with Gasteiger partial charge in [-0.2, -0.15) is 4.31 Å². The lowest BCUT2D eigenvalue weighted by Gasteiger charge is -2.32. The molecule has 0 radical (unpaired) electrons. The number of nitrogens with one attached hydrogen (secondary N) is 1. The summed E-state index contributed by atoms with van der Waals surface area (Å²) < 4.78 is 60.4. The molecule has 10 heteroatoms. The van der Waals surface area contributed by atoms with E-state index in [1.165, 1.54) is 4.31 Å². The molecule has 32 heavy (non-hydrogen) atoms. The maximum absolute atomic E-state index is 12.7. The third-order valence-corrected chi connectivity index (χ3v) is 9.38. The van der Waals surface area contributed by atoms with E-state index >= 15 is 0 Å². The maximum Gasteiger partial charge on any atom is 0.276 e. The van der Waals surface area contributed by atoms with Gasteiger partial charge in [-0.15, -0.1) is 0 Å². The molecule has 1 atom stereocenters. The Labute approximate surface area is 190 Å². The Balaban J connectivity index is 1.33. The van der Waals surface area contributed by atoms with Gasteiger partial charge in [0.05, 0.1) is 11.4 Å². The molecule has 0 saturated carbocycles. The van der Waals surface area contributed by atoms with Gasteiger partial charge in [-0.1, -0.05) is 17.7 Å². The van der Waals surface area contributed by atoms with E-state index in [0.29, 0.717) is 31.9 Å². The van der Waals surface area contributed by atoms with Crippen LogP contribution in [0.2, 0.25) is 0 Å². The van der Waals surface area contributed by atoms with Gasteiger partial charge in [-0.3, -0.25) is 4.90 Å². The van der Waals surface area contributed by atoms with Crippen LogP contribution in [-0.2, 0) is 26.6 Å². The number of nitrogens with zero attached hydrogens (tertiary/aromatic N) is 2. The van der Waals surface area contributed by atoms with Crippen molar-refractivity contribution >= 4 is 20.0 Å². The third-order valence-electron chi connectivity index (χ3n) is 6.17. The van der Waals surface area contributed by atoms with E-state index in [2.05, 4.69) is 9.62 Å². The second kappa shape index (κ2) is 9.64. The fraction of sp³-hybridized carbons (Fsp3) is 0.545. The number of aryl methyl sites for hydroxylation is 1. The van der Waals surface area contributed by atoms with Gasteiger partial charge < -0.3 is 4.42 Å². The first-order chi connectivity index (χ1) is 15.2. The Morgan fingerprint density at radius 2 is 1.69 bits per heavy atom. The van der Waals surface area contributed by atoms with Crippen LogP contribution in [0.1, 0.15) is 37.0 Å². The van der Waals surface area contributed by atoms with Crippen LogP contribution in [0.4, 0.5) is 0 Å². The number of benzene rings is 1. The Kier molecular flexibility index (Phi) is 7.06. The van der Waals surface area contributed by atoms with E-state index < -0.39 is 20.0 Å². The summed E-state index contributed by atoms with van der Waals surface area (Å²) in [6, 6.07) is 10.1. The largest absolute Gasteiger partial charge is 0.447 e. The summed E-state index contributed by atoms with van der Waals surface area (Å²) in [6.45, 7) is 5.50. The molecule has 1 unspecified atom stereocenters. The standard InChI is InChI=1S/C22H31N3O5S2/c1-18-6-9-21(10-7-18)31(26,27)23-15-19-5-4-12-24(16-19)17-20-8-11-22(30-20)32(28,29)25-13-2-3-14-25/h6-11,19,23H,2-5,12-17H2,1H3. The van der Waals surface area contributed by atoms with Gasteiger partial charge >= 0.3 is 0 Å². The minimum atomic E-state index is -3.55. The van der Waals surface area contributed by atoms with Crippen molar-refractivity contribution in [3.63, 3.8) is 0 Å². The summed E-state index contributed by atoms with van der Waals surface area (Å²) in [7, 11) is -7.08. The molecule has 0 bridgehead atoms. The molecular formula is C22H31N3O5S2. The Bertz CT molecular complexity index is 1120. The second-order valence-electron chi connectivity index (χ2n) is 8.74. The molecule has 4 rings (SSSR count). The molecule has 0 aliphatic carbocycles. The highest BCUT2D eigenvalue weighted by Crippen LogP contribution is 2.25. The van der Waals surface area contributed by atoms with E-state index in [1.54, 1.807) is 36.4 Å². The van der Waals surface area contributed by atoms with Crippen LogP contribution >= 0.6 is 0 Å². The van der Waals surface area contributed by atoms with E-state index in [0.717, 1.165) is 44.3 Å². The summed E-state index contributed by atoms with van der Waals surface area (Å²) >= 11 is 0. The summed E-state index contributed by atoms with van der Waals surface area (Å²) in [5, 5.41) is 0.00816. The molecule has 0 spiro atoms. The first-order valence-electron chi connectivity index (χ1n) is 11.1. The molecule has 176 valence electrons. The topological polar surface area (TPSA) is 99.9 Å². The molecule has 2 aliphatic heterocycles.